The Labute approximate surface area is 96.6 Å². The first-order chi connectivity index (χ1) is 7.16. The number of hydrogen-bond donors (Lipinski definition) is 2. The Morgan fingerprint density at radius 2 is 2.40 bits per heavy atom. The second-order valence-corrected chi connectivity index (χ2v) is 4.58. The van der Waals surface area contributed by atoms with Crippen molar-refractivity contribution in [2.75, 3.05) is 18.4 Å². The normalized spacial score (nSPS) is 15.9. The van der Waals surface area contributed by atoms with Gasteiger partial charge in [0.2, 0.25) is 5.91 Å². The number of carbonyl (C=O) groups excluding carboxylic acids is 1. The second-order valence-electron chi connectivity index (χ2n) is 3.66. The zero-order valence-electron chi connectivity index (χ0n) is 8.38. The summed E-state index contributed by atoms with van der Waals surface area (Å²) < 4.78 is 0.920. The molecule has 0 aromatic carbocycles. The monoisotopic (exact) mass is 269 g/mol. The Kier molecular flexibility index (Phi) is 3.02. The van der Waals surface area contributed by atoms with Gasteiger partial charge in [-0.25, -0.2) is 4.98 Å². The standard InChI is InChI=1S/C10H12BrN3O/c1-6-2-8(11)5-13-9(6)14-10(15)7-3-12-4-7/h2,5,7,12H,3-4H2,1H3,(H,13,14,15). The molecular weight excluding hydrogens is 258 g/mol. The summed E-state index contributed by atoms with van der Waals surface area (Å²) in [6, 6.07) is 1.93. The summed E-state index contributed by atoms with van der Waals surface area (Å²) in [5, 5.41) is 5.89. The zero-order valence-corrected chi connectivity index (χ0v) is 9.97. The molecule has 80 valence electrons. The average molecular weight is 270 g/mol. The Hall–Kier alpha value is -0.940. The van der Waals surface area contributed by atoms with Crippen LogP contribution in [0.1, 0.15) is 5.56 Å². The van der Waals surface area contributed by atoms with Gasteiger partial charge in [-0.05, 0) is 34.5 Å². The van der Waals surface area contributed by atoms with Crippen molar-refractivity contribution in [3.8, 4) is 0 Å². The lowest BCUT2D eigenvalue weighted by Gasteiger charge is -2.25. The van der Waals surface area contributed by atoms with Crippen molar-refractivity contribution in [2.45, 2.75) is 6.92 Å². The van der Waals surface area contributed by atoms with Crippen molar-refractivity contribution >= 4 is 27.7 Å². The number of amides is 1. The minimum absolute atomic E-state index is 0.0478. The van der Waals surface area contributed by atoms with Gasteiger partial charge in [0.05, 0.1) is 5.92 Å². The Balaban J connectivity index is 2.06. The maximum absolute atomic E-state index is 11.6. The van der Waals surface area contributed by atoms with Crippen molar-refractivity contribution in [1.82, 2.24) is 10.3 Å². The van der Waals surface area contributed by atoms with Gasteiger partial charge in [0.1, 0.15) is 5.82 Å². The van der Waals surface area contributed by atoms with E-state index in [1.165, 1.54) is 0 Å². The molecule has 2 N–H and O–H groups in total. The van der Waals surface area contributed by atoms with E-state index in [0.29, 0.717) is 5.82 Å². The van der Waals surface area contributed by atoms with Crippen LogP contribution >= 0.6 is 15.9 Å². The van der Waals surface area contributed by atoms with E-state index in [1.807, 2.05) is 13.0 Å². The van der Waals surface area contributed by atoms with Crippen LogP contribution in [0.5, 0.6) is 0 Å². The first-order valence-electron chi connectivity index (χ1n) is 4.80. The summed E-state index contributed by atoms with van der Waals surface area (Å²) >= 11 is 3.33. The lowest BCUT2D eigenvalue weighted by Crippen LogP contribution is -2.48. The van der Waals surface area contributed by atoms with Gasteiger partial charge in [0, 0.05) is 23.8 Å². The maximum Gasteiger partial charge on any atom is 0.231 e. The number of carbonyl (C=O) groups is 1. The predicted octanol–water partition coefficient (Wildman–Crippen LogP) is 1.31. The molecule has 1 aliphatic rings. The maximum atomic E-state index is 11.6. The number of aryl methyl sites for hydroxylation is 1. The SMILES string of the molecule is Cc1cc(Br)cnc1NC(=O)C1CNC1. The van der Waals surface area contributed by atoms with Crippen LogP contribution in [-0.4, -0.2) is 24.0 Å². The number of rotatable bonds is 2. The largest absolute Gasteiger partial charge is 0.315 e. The van der Waals surface area contributed by atoms with Crippen LogP contribution in [-0.2, 0) is 4.79 Å². The lowest BCUT2D eigenvalue weighted by molar-refractivity contribution is -0.121. The van der Waals surface area contributed by atoms with Crippen LogP contribution in [0.4, 0.5) is 5.82 Å². The fourth-order valence-electron chi connectivity index (χ4n) is 1.36. The fourth-order valence-corrected chi connectivity index (χ4v) is 1.81. The first kappa shape index (κ1) is 10.6. The first-order valence-corrected chi connectivity index (χ1v) is 5.60. The molecule has 1 aliphatic heterocycles. The molecule has 0 spiro atoms. The minimum atomic E-state index is 0.0478. The highest BCUT2D eigenvalue weighted by atomic mass is 79.9. The van der Waals surface area contributed by atoms with Crippen LogP contribution in [0.2, 0.25) is 0 Å². The van der Waals surface area contributed by atoms with Crippen molar-refractivity contribution in [2.24, 2.45) is 5.92 Å². The highest BCUT2D eigenvalue weighted by molar-refractivity contribution is 9.10. The molecule has 5 heteroatoms. The summed E-state index contributed by atoms with van der Waals surface area (Å²) in [6.07, 6.45) is 1.68. The molecule has 1 aromatic rings. The number of pyridine rings is 1. The van der Waals surface area contributed by atoms with E-state index in [9.17, 15) is 4.79 Å². The van der Waals surface area contributed by atoms with E-state index in [-0.39, 0.29) is 11.8 Å². The van der Waals surface area contributed by atoms with Crippen molar-refractivity contribution < 1.29 is 4.79 Å². The zero-order chi connectivity index (χ0) is 10.8. The van der Waals surface area contributed by atoms with Gasteiger partial charge >= 0.3 is 0 Å². The third-order valence-electron chi connectivity index (χ3n) is 2.44. The van der Waals surface area contributed by atoms with E-state index in [1.54, 1.807) is 6.20 Å². The van der Waals surface area contributed by atoms with Gasteiger partial charge in [0.25, 0.3) is 0 Å². The summed E-state index contributed by atoms with van der Waals surface area (Å²) in [5.41, 5.74) is 0.963. The molecule has 0 bridgehead atoms. The topological polar surface area (TPSA) is 54.0 Å². The average Bonchev–Trinajstić information content (AvgIpc) is 2.07. The van der Waals surface area contributed by atoms with Gasteiger partial charge in [0.15, 0.2) is 0 Å². The molecule has 15 heavy (non-hydrogen) atoms. The van der Waals surface area contributed by atoms with Crippen molar-refractivity contribution in [3.05, 3.63) is 22.3 Å². The molecule has 1 fully saturated rings. The van der Waals surface area contributed by atoms with Crippen molar-refractivity contribution in [1.29, 1.82) is 0 Å². The molecule has 0 aliphatic carbocycles. The summed E-state index contributed by atoms with van der Waals surface area (Å²) in [4.78, 5) is 15.8. The Bertz CT molecular complexity index is 390. The lowest BCUT2D eigenvalue weighted by atomic mass is 10.0. The Morgan fingerprint density at radius 3 is 2.93 bits per heavy atom. The second kappa shape index (κ2) is 4.28. The third kappa shape index (κ3) is 2.35. The molecular formula is C10H12BrN3O. The van der Waals surface area contributed by atoms with Gasteiger partial charge in [-0.15, -0.1) is 0 Å². The Morgan fingerprint density at radius 1 is 1.67 bits per heavy atom. The predicted molar refractivity (Wildman–Crippen MR) is 61.7 cm³/mol. The van der Waals surface area contributed by atoms with E-state index in [4.69, 9.17) is 0 Å². The number of hydrogen-bond acceptors (Lipinski definition) is 3. The molecule has 4 nitrogen and oxygen atoms in total. The molecule has 0 unspecified atom stereocenters. The van der Waals surface area contributed by atoms with Crippen LogP contribution in [0.15, 0.2) is 16.7 Å². The summed E-state index contributed by atoms with van der Waals surface area (Å²) in [5.74, 6) is 0.789. The number of anilines is 1. The minimum Gasteiger partial charge on any atom is -0.315 e. The molecule has 0 saturated carbocycles. The molecule has 2 rings (SSSR count). The van der Waals surface area contributed by atoms with Gasteiger partial charge in [-0.3, -0.25) is 4.79 Å². The van der Waals surface area contributed by atoms with Crippen LogP contribution < -0.4 is 10.6 Å². The molecule has 0 atom stereocenters. The molecule has 2 heterocycles. The van der Waals surface area contributed by atoms with Crippen LogP contribution in [0.3, 0.4) is 0 Å². The molecule has 1 aromatic heterocycles. The van der Waals surface area contributed by atoms with E-state index in [2.05, 4.69) is 31.5 Å². The van der Waals surface area contributed by atoms with Crippen LogP contribution in [0, 0.1) is 12.8 Å². The van der Waals surface area contributed by atoms with E-state index >= 15 is 0 Å². The highest BCUT2D eigenvalue weighted by Gasteiger charge is 2.25. The smallest absolute Gasteiger partial charge is 0.231 e. The van der Waals surface area contributed by atoms with Gasteiger partial charge in [-0.2, -0.15) is 0 Å². The van der Waals surface area contributed by atoms with Gasteiger partial charge in [-0.1, -0.05) is 0 Å². The van der Waals surface area contributed by atoms with Gasteiger partial charge < -0.3 is 10.6 Å². The number of nitrogens with zero attached hydrogens (tertiary/aromatic N) is 1. The molecule has 1 amide bonds. The summed E-state index contributed by atoms with van der Waals surface area (Å²) in [7, 11) is 0. The molecule has 0 radical (unpaired) electrons. The molecule has 1 saturated heterocycles. The van der Waals surface area contributed by atoms with E-state index in [0.717, 1.165) is 23.1 Å². The third-order valence-corrected chi connectivity index (χ3v) is 2.87. The van der Waals surface area contributed by atoms with Crippen molar-refractivity contribution in [3.63, 3.8) is 0 Å². The highest BCUT2D eigenvalue weighted by Crippen LogP contribution is 2.17. The number of halogens is 1. The number of nitrogens with one attached hydrogen (secondary N) is 2. The number of aromatic nitrogens is 1. The van der Waals surface area contributed by atoms with Crippen LogP contribution in [0.25, 0.3) is 0 Å². The summed E-state index contributed by atoms with van der Waals surface area (Å²) in [6.45, 7) is 3.45. The fraction of sp³-hybridized carbons (Fsp3) is 0.400. The van der Waals surface area contributed by atoms with E-state index < -0.39 is 0 Å². The quantitative estimate of drug-likeness (QED) is 0.852.